The minimum absolute atomic E-state index is 0.110. The highest BCUT2D eigenvalue weighted by atomic mass is 19.4. The van der Waals surface area contributed by atoms with Gasteiger partial charge in [0.15, 0.2) is 0 Å². The number of nitrogens with one attached hydrogen (secondary N) is 1. The molecule has 2 aromatic carbocycles. The predicted molar refractivity (Wildman–Crippen MR) is 90.3 cm³/mol. The Balaban J connectivity index is 1.87. The van der Waals surface area contributed by atoms with E-state index in [9.17, 15) is 28.1 Å². The van der Waals surface area contributed by atoms with Crippen molar-refractivity contribution >= 4 is 17.7 Å². The van der Waals surface area contributed by atoms with Crippen LogP contribution in [-0.2, 0) is 17.4 Å². The lowest BCUT2D eigenvalue weighted by atomic mass is 10.1. The second kappa shape index (κ2) is 8.28. The lowest BCUT2D eigenvalue weighted by molar-refractivity contribution is -0.385. The van der Waals surface area contributed by atoms with Crippen molar-refractivity contribution < 1.29 is 22.9 Å². The SMILES string of the molecule is O=C(/C=C/c1ccccc1[N+](=O)[O-])NCCc1ccc(C(F)(F)F)cc1. The van der Waals surface area contributed by atoms with Gasteiger partial charge in [-0.05, 0) is 36.3 Å². The number of para-hydroxylation sites is 1. The Morgan fingerprint density at radius 3 is 2.38 bits per heavy atom. The number of rotatable bonds is 6. The number of alkyl halides is 3. The second-order valence-corrected chi connectivity index (χ2v) is 5.38. The van der Waals surface area contributed by atoms with E-state index in [2.05, 4.69) is 5.32 Å². The molecular formula is C18H15F3N2O3. The van der Waals surface area contributed by atoms with Gasteiger partial charge in [0.2, 0.25) is 5.91 Å². The van der Waals surface area contributed by atoms with Crippen molar-refractivity contribution in [2.24, 2.45) is 0 Å². The lowest BCUT2D eigenvalue weighted by Crippen LogP contribution is -2.23. The van der Waals surface area contributed by atoms with Crippen LogP contribution in [0.25, 0.3) is 6.08 Å². The number of hydrogen-bond acceptors (Lipinski definition) is 3. The van der Waals surface area contributed by atoms with Crippen LogP contribution in [0.3, 0.4) is 0 Å². The van der Waals surface area contributed by atoms with Crippen molar-refractivity contribution in [2.45, 2.75) is 12.6 Å². The normalized spacial score (nSPS) is 11.5. The van der Waals surface area contributed by atoms with E-state index in [-0.39, 0.29) is 12.2 Å². The Bertz CT molecular complexity index is 815. The third kappa shape index (κ3) is 5.44. The molecule has 0 saturated carbocycles. The molecule has 0 saturated heterocycles. The van der Waals surface area contributed by atoms with Gasteiger partial charge in [-0.25, -0.2) is 0 Å². The summed E-state index contributed by atoms with van der Waals surface area (Å²) in [5.41, 5.74) is 0.121. The van der Waals surface area contributed by atoms with E-state index in [1.54, 1.807) is 6.07 Å². The first kappa shape index (κ1) is 19.2. The fourth-order valence-corrected chi connectivity index (χ4v) is 2.21. The molecule has 0 aromatic heterocycles. The van der Waals surface area contributed by atoms with E-state index in [0.29, 0.717) is 17.5 Å². The van der Waals surface area contributed by atoms with E-state index in [1.165, 1.54) is 42.5 Å². The average molecular weight is 364 g/mol. The highest BCUT2D eigenvalue weighted by Crippen LogP contribution is 2.29. The zero-order chi connectivity index (χ0) is 19.2. The van der Waals surface area contributed by atoms with Gasteiger partial charge in [-0.2, -0.15) is 13.2 Å². The van der Waals surface area contributed by atoms with Crippen LogP contribution >= 0.6 is 0 Å². The summed E-state index contributed by atoms with van der Waals surface area (Å²) in [4.78, 5) is 22.1. The molecule has 0 radical (unpaired) electrons. The lowest BCUT2D eigenvalue weighted by Gasteiger charge is -2.07. The minimum atomic E-state index is -4.38. The number of halogens is 3. The second-order valence-electron chi connectivity index (χ2n) is 5.38. The Kier molecular flexibility index (Phi) is 6.11. The first-order valence-electron chi connectivity index (χ1n) is 7.63. The number of hydrogen-bond donors (Lipinski definition) is 1. The Morgan fingerprint density at radius 1 is 1.12 bits per heavy atom. The van der Waals surface area contributed by atoms with Crippen LogP contribution in [0.5, 0.6) is 0 Å². The van der Waals surface area contributed by atoms with Crippen molar-refractivity contribution in [3.05, 3.63) is 81.4 Å². The zero-order valence-corrected chi connectivity index (χ0v) is 13.5. The zero-order valence-electron chi connectivity index (χ0n) is 13.5. The molecule has 0 heterocycles. The van der Waals surface area contributed by atoms with Crippen LogP contribution in [0.4, 0.5) is 18.9 Å². The van der Waals surface area contributed by atoms with Gasteiger partial charge in [-0.3, -0.25) is 14.9 Å². The fourth-order valence-electron chi connectivity index (χ4n) is 2.21. The number of carbonyl (C=O) groups excluding carboxylic acids is 1. The predicted octanol–water partition coefficient (Wildman–Crippen LogP) is 3.99. The van der Waals surface area contributed by atoms with Crippen molar-refractivity contribution in [3.63, 3.8) is 0 Å². The van der Waals surface area contributed by atoms with Gasteiger partial charge in [0.05, 0.1) is 16.1 Å². The minimum Gasteiger partial charge on any atom is -0.352 e. The molecule has 0 bridgehead atoms. The molecule has 0 spiro atoms. The molecule has 1 amide bonds. The summed E-state index contributed by atoms with van der Waals surface area (Å²) in [6, 6.07) is 10.7. The number of benzene rings is 2. The Hall–Kier alpha value is -3.16. The van der Waals surface area contributed by atoms with E-state index in [1.807, 2.05) is 0 Å². The van der Waals surface area contributed by atoms with Crippen molar-refractivity contribution in [2.75, 3.05) is 6.54 Å². The number of nitrogens with zero attached hydrogens (tertiary/aromatic N) is 1. The molecule has 5 nitrogen and oxygen atoms in total. The first-order chi connectivity index (χ1) is 12.3. The van der Waals surface area contributed by atoms with Crippen LogP contribution in [0.2, 0.25) is 0 Å². The van der Waals surface area contributed by atoms with Gasteiger partial charge in [-0.1, -0.05) is 24.3 Å². The Labute approximate surface area is 147 Å². The van der Waals surface area contributed by atoms with Crippen LogP contribution in [0.15, 0.2) is 54.6 Å². The summed E-state index contributed by atoms with van der Waals surface area (Å²) < 4.78 is 37.4. The third-order valence-electron chi connectivity index (χ3n) is 3.54. The topological polar surface area (TPSA) is 72.2 Å². The summed E-state index contributed by atoms with van der Waals surface area (Å²) in [6.07, 6.45) is -1.50. The number of carbonyl (C=O) groups is 1. The molecule has 136 valence electrons. The van der Waals surface area contributed by atoms with Crippen molar-refractivity contribution in [1.29, 1.82) is 0 Å². The Morgan fingerprint density at radius 2 is 1.77 bits per heavy atom. The van der Waals surface area contributed by atoms with Gasteiger partial charge in [-0.15, -0.1) is 0 Å². The molecular weight excluding hydrogens is 349 g/mol. The molecule has 0 atom stereocenters. The van der Waals surface area contributed by atoms with Crippen LogP contribution in [0.1, 0.15) is 16.7 Å². The molecule has 2 rings (SSSR count). The maximum Gasteiger partial charge on any atom is 0.416 e. The van der Waals surface area contributed by atoms with Crippen LogP contribution in [-0.4, -0.2) is 17.4 Å². The van der Waals surface area contributed by atoms with E-state index in [4.69, 9.17) is 0 Å². The maximum absolute atomic E-state index is 12.5. The number of amides is 1. The molecule has 2 aromatic rings. The highest BCUT2D eigenvalue weighted by Gasteiger charge is 2.29. The molecule has 0 aliphatic carbocycles. The molecule has 0 aliphatic heterocycles. The van der Waals surface area contributed by atoms with Gasteiger partial charge in [0, 0.05) is 18.7 Å². The summed E-state index contributed by atoms with van der Waals surface area (Å²) in [6.45, 7) is 0.228. The van der Waals surface area contributed by atoms with Gasteiger partial charge in [0.1, 0.15) is 0 Å². The van der Waals surface area contributed by atoms with Crippen LogP contribution < -0.4 is 5.32 Å². The van der Waals surface area contributed by atoms with E-state index < -0.39 is 22.6 Å². The van der Waals surface area contributed by atoms with Gasteiger partial charge < -0.3 is 5.32 Å². The molecule has 0 aliphatic rings. The molecule has 1 N–H and O–H groups in total. The maximum atomic E-state index is 12.5. The highest BCUT2D eigenvalue weighted by molar-refractivity contribution is 5.92. The molecule has 26 heavy (non-hydrogen) atoms. The van der Waals surface area contributed by atoms with E-state index in [0.717, 1.165) is 12.1 Å². The third-order valence-corrected chi connectivity index (χ3v) is 3.54. The summed E-state index contributed by atoms with van der Waals surface area (Å²) >= 11 is 0. The van der Waals surface area contributed by atoms with Gasteiger partial charge in [0.25, 0.3) is 5.69 Å². The smallest absolute Gasteiger partial charge is 0.352 e. The van der Waals surface area contributed by atoms with Gasteiger partial charge >= 0.3 is 6.18 Å². The molecule has 0 unspecified atom stereocenters. The first-order valence-corrected chi connectivity index (χ1v) is 7.63. The quantitative estimate of drug-likeness (QED) is 0.479. The van der Waals surface area contributed by atoms with Crippen molar-refractivity contribution in [3.8, 4) is 0 Å². The largest absolute Gasteiger partial charge is 0.416 e. The standard InChI is InChI=1S/C18H15F3N2O3/c19-18(20,21)15-8-5-13(6-9-15)11-12-22-17(24)10-7-14-3-1-2-4-16(14)23(25)26/h1-10H,11-12H2,(H,22,24)/b10-7+. The number of nitro benzene ring substituents is 1. The van der Waals surface area contributed by atoms with E-state index >= 15 is 0 Å². The molecule has 0 fully saturated rings. The fraction of sp³-hybridized carbons (Fsp3) is 0.167. The van der Waals surface area contributed by atoms with Crippen LogP contribution in [0, 0.1) is 10.1 Å². The summed E-state index contributed by atoms with van der Waals surface area (Å²) in [5, 5.41) is 13.5. The molecule has 8 heteroatoms. The summed E-state index contributed by atoms with van der Waals surface area (Å²) in [5.74, 6) is -0.449. The number of nitro groups is 1. The summed E-state index contributed by atoms with van der Waals surface area (Å²) in [7, 11) is 0. The van der Waals surface area contributed by atoms with Crippen molar-refractivity contribution in [1.82, 2.24) is 5.32 Å². The monoisotopic (exact) mass is 364 g/mol. The average Bonchev–Trinajstić information content (AvgIpc) is 2.60.